The molecule has 5 nitrogen and oxygen atoms in total. The number of rotatable bonds is 3. The maximum Gasteiger partial charge on any atom is 0.242 e. The van der Waals surface area contributed by atoms with E-state index in [1.807, 2.05) is 6.92 Å². The fourth-order valence-corrected chi connectivity index (χ4v) is 4.30. The SMILES string of the molecule is C[C@H]1OCCN[C@@H]1C(=O)N1CCCC(CN2CCCCCC2)C1. The summed E-state index contributed by atoms with van der Waals surface area (Å²) < 4.78 is 5.65. The van der Waals surface area contributed by atoms with Crippen LogP contribution in [0.1, 0.15) is 45.4 Å². The number of morpholine rings is 1. The average molecular weight is 323 g/mol. The Labute approximate surface area is 140 Å². The molecule has 3 saturated heterocycles. The number of amides is 1. The zero-order valence-electron chi connectivity index (χ0n) is 14.6. The summed E-state index contributed by atoms with van der Waals surface area (Å²) in [6, 6.07) is -0.152. The highest BCUT2D eigenvalue weighted by atomic mass is 16.5. The van der Waals surface area contributed by atoms with Crippen molar-refractivity contribution in [3.8, 4) is 0 Å². The van der Waals surface area contributed by atoms with Gasteiger partial charge in [-0.05, 0) is 51.6 Å². The van der Waals surface area contributed by atoms with E-state index in [2.05, 4.69) is 15.1 Å². The molecule has 0 aromatic heterocycles. The lowest BCUT2D eigenvalue weighted by molar-refractivity contribution is -0.141. The standard InChI is InChI=1S/C18H33N3O2/c1-15-17(19-8-12-23-15)18(22)21-11-6-7-16(14-21)13-20-9-4-2-3-5-10-20/h15-17,19H,2-14H2,1H3/t15-,16?,17+/m1/s1. The third-order valence-electron chi connectivity index (χ3n) is 5.63. The Hall–Kier alpha value is -0.650. The van der Waals surface area contributed by atoms with Gasteiger partial charge in [-0.15, -0.1) is 0 Å². The average Bonchev–Trinajstić information content (AvgIpc) is 2.84. The first-order valence-corrected chi connectivity index (χ1v) is 9.60. The van der Waals surface area contributed by atoms with Crippen molar-refractivity contribution in [3.05, 3.63) is 0 Å². The number of hydrogen-bond donors (Lipinski definition) is 1. The summed E-state index contributed by atoms with van der Waals surface area (Å²) in [5.41, 5.74) is 0. The first kappa shape index (κ1) is 17.2. The molecule has 0 saturated carbocycles. The highest BCUT2D eigenvalue weighted by molar-refractivity contribution is 5.82. The van der Waals surface area contributed by atoms with Crippen LogP contribution < -0.4 is 5.32 Å². The van der Waals surface area contributed by atoms with Gasteiger partial charge in [-0.2, -0.15) is 0 Å². The van der Waals surface area contributed by atoms with Crippen LogP contribution in [0.3, 0.4) is 0 Å². The van der Waals surface area contributed by atoms with E-state index in [0.717, 1.165) is 26.1 Å². The van der Waals surface area contributed by atoms with Crippen molar-refractivity contribution < 1.29 is 9.53 Å². The summed E-state index contributed by atoms with van der Waals surface area (Å²) in [6.07, 6.45) is 7.86. The van der Waals surface area contributed by atoms with Crippen LogP contribution in [0.2, 0.25) is 0 Å². The Morgan fingerprint density at radius 3 is 2.65 bits per heavy atom. The van der Waals surface area contributed by atoms with Crippen LogP contribution in [0.15, 0.2) is 0 Å². The lowest BCUT2D eigenvalue weighted by Crippen LogP contribution is -2.58. The number of carbonyl (C=O) groups is 1. The van der Waals surface area contributed by atoms with E-state index >= 15 is 0 Å². The summed E-state index contributed by atoms with van der Waals surface area (Å²) in [5.74, 6) is 0.892. The second-order valence-corrected chi connectivity index (χ2v) is 7.52. The summed E-state index contributed by atoms with van der Waals surface area (Å²) >= 11 is 0. The quantitative estimate of drug-likeness (QED) is 0.854. The van der Waals surface area contributed by atoms with E-state index in [0.29, 0.717) is 12.5 Å². The Morgan fingerprint density at radius 2 is 1.91 bits per heavy atom. The smallest absolute Gasteiger partial charge is 0.242 e. The van der Waals surface area contributed by atoms with Crippen molar-refractivity contribution in [2.24, 2.45) is 5.92 Å². The molecule has 0 radical (unpaired) electrons. The third-order valence-corrected chi connectivity index (χ3v) is 5.63. The van der Waals surface area contributed by atoms with Gasteiger partial charge in [0.15, 0.2) is 0 Å². The minimum atomic E-state index is -0.152. The highest BCUT2D eigenvalue weighted by Crippen LogP contribution is 2.21. The molecule has 0 aliphatic carbocycles. The molecule has 3 fully saturated rings. The van der Waals surface area contributed by atoms with Gasteiger partial charge in [-0.3, -0.25) is 4.79 Å². The zero-order valence-corrected chi connectivity index (χ0v) is 14.6. The predicted octanol–water partition coefficient (Wildman–Crippen LogP) is 1.48. The number of piperidine rings is 1. The van der Waals surface area contributed by atoms with E-state index in [1.54, 1.807) is 0 Å². The molecule has 0 aromatic rings. The minimum absolute atomic E-state index is 0.0118. The molecule has 1 N–H and O–H groups in total. The van der Waals surface area contributed by atoms with Crippen molar-refractivity contribution in [1.29, 1.82) is 0 Å². The topological polar surface area (TPSA) is 44.8 Å². The van der Waals surface area contributed by atoms with Gasteiger partial charge in [0.05, 0.1) is 12.7 Å². The largest absolute Gasteiger partial charge is 0.375 e. The Balaban J connectivity index is 1.51. The van der Waals surface area contributed by atoms with E-state index in [-0.39, 0.29) is 18.1 Å². The van der Waals surface area contributed by atoms with E-state index in [9.17, 15) is 4.79 Å². The monoisotopic (exact) mass is 323 g/mol. The molecule has 1 amide bonds. The van der Waals surface area contributed by atoms with E-state index in [4.69, 9.17) is 4.74 Å². The Kier molecular flexibility index (Phi) is 6.31. The second kappa shape index (κ2) is 8.45. The molecule has 1 unspecified atom stereocenters. The van der Waals surface area contributed by atoms with Gasteiger partial charge in [0.2, 0.25) is 5.91 Å². The Bertz CT molecular complexity index is 382. The van der Waals surface area contributed by atoms with Crippen LogP contribution >= 0.6 is 0 Å². The van der Waals surface area contributed by atoms with Gasteiger partial charge in [0, 0.05) is 26.2 Å². The van der Waals surface area contributed by atoms with Crippen LogP contribution in [0.5, 0.6) is 0 Å². The fourth-order valence-electron chi connectivity index (χ4n) is 4.30. The molecule has 0 aromatic carbocycles. The summed E-state index contributed by atoms with van der Waals surface area (Å²) in [6.45, 7) is 9.02. The molecule has 3 atom stereocenters. The molecular formula is C18H33N3O2. The lowest BCUT2D eigenvalue weighted by atomic mass is 9.96. The number of carbonyl (C=O) groups excluding carboxylic acids is 1. The maximum atomic E-state index is 12.8. The molecule has 0 bridgehead atoms. The molecule has 0 spiro atoms. The summed E-state index contributed by atoms with van der Waals surface area (Å²) in [5, 5.41) is 3.34. The molecular weight excluding hydrogens is 290 g/mol. The van der Waals surface area contributed by atoms with Gasteiger partial charge in [-0.25, -0.2) is 0 Å². The molecule has 3 heterocycles. The van der Waals surface area contributed by atoms with Crippen LogP contribution in [0.4, 0.5) is 0 Å². The van der Waals surface area contributed by atoms with Crippen LogP contribution in [-0.2, 0) is 9.53 Å². The minimum Gasteiger partial charge on any atom is -0.375 e. The maximum absolute atomic E-state index is 12.8. The predicted molar refractivity (Wildman–Crippen MR) is 91.4 cm³/mol. The molecule has 3 aliphatic rings. The summed E-state index contributed by atoms with van der Waals surface area (Å²) in [7, 11) is 0. The third kappa shape index (κ3) is 4.68. The Morgan fingerprint density at radius 1 is 1.13 bits per heavy atom. The molecule has 5 heteroatoms. The van der Waals surface area contributed by atoms with Gasteiger partial charge < -0.3 is 19.9 Å². The lowest BCUT2D eigenvalue weighted by Gasteiger charge is -2.39. The fraction of sp³-hybridized carbons (Fsp3) is 0.944. The number of likely N-dealkylation sites (tertiary alicyclic amines) is 2. The van der Waals surface area contributed by atoms with Crippen LogP contribution in [0, 0.1) is 5.92 Å². The molecule has 23 heavy (non-hydrogen) atoms. The van der Waals surface area contributed by atoms with Gasteiger partial charge in [-0.1, -0.05) is 12.8 Å². The van der Waals surface area contributed by atoms with Crippen LogP contribution in [0.25, 0.3) is 0 Å². The van der Waals surface area contributed by atoms with Gasteiger partial charge in [0.25, 0.3) is 0 Å². The zero-order chi connectivity index (χ0) is 16.1. The summed E-state index contributed by atoms with van der Waals surface area (Å²) in [4.78, 5) is 17.6. The van der Waals surface area contributed by atoms with Crippen molar-refractivity contribution in [2.45, 2.75) is 57.6 Å². The number of ether oxygens (including phenoxy) is 1. The molecule has 3 aliphatic heterocycles. The van der Waals surface area contributed by atoms with Crippen molar-refractivity contribution >= 4 is 5.91 Å². The second-order valence-electron chi connectivity index (χ2n) is 7.52. The normalized spacial score (nSPS) is 34.1. The van der Waals surface area contributed by atoms with Crippen LogP contribution in [-0.4, -0.2) is 73.7 Å². The van der Waals surface area contributed by atoms with Crippen molar-refractivity contribution in [2.75, 3.05) is 45.9 Å². The first-order chi connectivity index (χ1) is 11.2. The van der Waals surface area contributed by atoms with E-state index < -0.39 is 0 Å². The van der Waals surface area contributed by atoms with Crippen molar-refractivity contribution in [3.63, 3.8) is 0 Å². The van der Waals surface area contributed by atoms with Crippen molar-refractivity contribution in [1.82, 2.24) is 15.1 Å². The number of hydrogen-bond acceptors (Lipinski definition) is 4. The van der Waals surface area contributed by atoms with E-state index in [1.165, 1.54) is 51.7 Å². The van der Waals surface area contributed by atoms with Gasteiger partial charge in [0.1, 0.15) is 6.04 Å². The van der Waals surface area contributed by atoms with Gasteiger partial charge >= 0.3 is 0 Å². The first-order valence-electron chi connectivity index (χ1n) is 9.60. The number of nitrogens with zero attached hydrogens (tertiary/aromatic N) is 2. The highest BCUT2D eigenvalue weighted by Gasteiger charge is 2.34. The molecule has 3 rings (SSSR count). The number of nitrogens with one attached hydrogen (secondary N) is 1. The molecule has 132 valence electrons.